The molecule has 0 aromatic carbocycles. The van der Waals surface area contributed by atoms with Crippen molar-refractivity contribution in [2.45, 2.75) is 51.4 Å². The third kappa shape index (κ3) is 5.32. The molecule has 1 aliphatic rings. The molecule has 1 aliphatic heterocycles. The molecule has 0 aliphatic carbocycles. The van der Waals surface area contributed by atoms with E-state index < -0.39 is 11.7 Å². The number of hydrogen-bond acceptors (Lipinski definition) is 4. The lowest BCUT2D eigenvalue weighted by molar-refractivity contribution is 0.00412. The zero-order valence-electron chi connectivity index (χ0n) is 10.3. The van der Waals surface area contributed by atoms with Gasteiger partial charge in [0.15, 0.2) is 0 Å². The molecule has 3 N–H and O–H groups in total. The number of nitrogens with two attached hydrogens (primary N) is 1. The Kier molecular flexibility index (Phi) is 4.56. The highest BCUT2D eigenvalue weighted by molar-refractivity contribution is 5.67. The van der Waals surface area contributed by atoms with Crippen LogP contribution in [0.2, 0.25) is 0 Å². The maximum atomic E-state index is 11.4. The molecule has 94 valence electrons. The third-order valence-electron chi connectivity index (χ3n) is 2.28. The van der Waals surface area contributed by atoms with Crippen molar-refractivity contribution in [3.8, 4) is 0 Å². The Morgan fingerprint density at radius 1 is 1.56 bits per heavy atom. The van der Waals surface area contributed by atoms with E-state index in [9.17, 15) is 4.79 Å². The van der Waals surface area contributed by atoms with Gasteiger partial charge in [0.2, 0.25) is 0 Å². The first-order valence-corrected chi connectivity index (χ1v) is 5.71. The smallest absolute Gasteiger partial charge is 0.407 e. The number of ether oxygens (including phenoxy) is 2. The molecule has 5 heteroatoms. The second kappa shape index (κ2) is 5.50. The Balaban J connectivity index is 2.21. The molecular formula is C11H22N2O3. The lowest BCUT2D eigenvalue weighted by atomic mass is 10.0. The normalized spacial score (nSPS) is 26.2. The maximum Gasteiger partial charge on any atom is 0.407 e. The molecule has 0 bridgehead atoms. The van der Waals surface area contributed by atoms with Crippen LogP contribution in [-0.2, 0) is 9.47 Å². The van der Waals surface area contributed by atoms with Gasteiger partial charge in [0.05, 0.1) is 6.10 Å². The zero-order chi connectivity index (χ0) is 12.2. The lowest BCUT2D eigenvalue weighted by Crippen LogP contribution is -2.43. The van der Waals surface area contributed by atoms with Crippen LogP contribution < -0.4 is 11.1 Å². The first kappa shape index (κ1) is 13.3. The van der Waals surface area contributed by atoms with E-state index in [1.54, 1.807) is 0 Å². The van der Waals surface area contributed by atoms with Crippen molar-refractivity contribution in [2.75, 3.05) is 13.2 Å². The summed E-state index contributed by atoms with van der Waals surface area (Å²) >= 11 is 0. The highest BCUT2D eigenvalue weighted by Crippen LogP contribution is 2.11. The summed E-state index contributed by atoms with van der Waals surface area (Å²) in [5.41, 5.74) is 5.34. The number of alkyl carbamates (subject to hydrolysis) is 1. The van der Waals surface area contributed by atoms with Gasteiger partial charge in [-0.2, -0.15) is 0 Å². The van der Waals surface area contributed by atoms with Gasteiger partial charge in [-0.05, 0) is 33.6 Å². The monoisotopic (exact) mass is 230 g/mol. The highest BCUT2D eigenvalue weighted by Gasteiger charge is 2.21. The molecular weight excluding hydrogens is 208 g/mol. The molecule has 0 saturated carbocycles. The summed E-state index contributed by atoms with van der Waals surface area (Å²) in [6, 6.07) is 0.180. The minimum atomic E-state index is -0.464. The van der Waals surface area contributed by atoms with E-state index in [0.717, 1.165) is 12.8 Å². The van der Waals surface area contributed by atoms with Gasteiger partial charge in [-0.3, -0.25) is 0 Å². The first-order chi connectivity index (χ1) is 7.37. The van der Waals surface area contributed by atoms with Gasteiger partial charge in [-0.15, -0.1) is 0 Å². The SMILES string of the molecule is CC(C)(C)OC(=O)NCC1CC(N)CCO1. The minimum absolute atomic E-state index is 0.0104. The van der Waals surface area contributed by atoms with Crippen molar-refractivity contribution >= 4 is 6.09 Å². The molecule has 0 aromatic rings. The van der Waals surface area contributed by atoms with Crippen molar-refractivity contribution < 1.29 is 14.3 Å². The topological polar surface area (TPSA) is 73.6 Å². The standard InChI is InChI=1S/C11H22N2O3/c1-11(2,3)16-10(14)13-7-9-6-8(12)4-5-15-9/h8-9H,4-7,12H2,1-3H3,(H,13,14). The van der Waals surface area contributed by atoms with Crippen molar-refractivity contribution in [3.05, 3.63) is 0 Å². The fourth-order valence-corrected chi connectivity index (χ4v) is 1.56. The number of nitrogens with one attached hydrogen (secondary N) is 1. The summed E-state index contributed by atoms with van der Waals surface area (Å²) in [6.45, 7) is 6.63. The number of amides is 1. The van der Waals surface area contributed by atoms with Crippen LogP contribution in [0.3, 0.4) is 0 Å². The van der Waals surface area contributed by atoms with Crippen molar-refractivity contribution in [1.82, 2.24) is 5.32 Å². The van der Waals surface area contributed by atoms with Crippen LogP contribution in [0, 0.1) is 0 Å². The number of carbonyl (C=O) groups excluding carboxylic acids is 1. The Bertz CT molecular complexity index is 238. The highest BCUT2D eigenvalue weighted by atomic mass is 16.6. The molecule has 0 radical (unpaired) electrons. The molecule has 1 rings (SSSR count). The average Bonchev–Trinajstić information content (AvgIpc) is 2.12. The number of hydrogen-bond donors (Lipinski definition) is 2. The van der Waals surface area contributed by atoms with Crippen molar-refractivity contribution in [2.24, 2.45) is 5.73 Å². The lowest BCUT2D eigenvalue weighted by Gasteiger charge is -2.27. The fraction of sp³-hybridized carbons (Fsp3) is 0.909. The summed E-state index contributed by atoms with van der Waals surface area (Å²) in [5.74, 6) is 0. The second-order valence-corrected chi connectivity index (χ2v) is 5.16. The molecule has 5 nitrogen and oxygen atoms in total. The van der Waals surface area contributed by atoms with Crippen LogP contribution in [-0.4, -0.2) is 37.0 Å². The fourth-order valence-electron chi connectivity index (χ4n) is 1.56. The minimum Gasteiger partial charge on any atom is -0.444 e. The molecule has 2 unspecified atom stereocenters. The predicted octanol–water partition coefficient (Wildman–Crippen LogP) is 1.02. The van der Waals surface area contributed by atoms with Gasteiger partial charge in [-0.25, -0.2) is 4.79 Å². The quantitative estimate of drug-likeness (QED) is 0.742. The molecule has 1 saturated heterocycles. The van der Waals surface area contributed by atoms with Gasteiger partial charge < -0.3 is 20.5 Å². The van der Waals surface area contributed by atoms with Crippen LogP contribution in [0.1, 0.15) is 33.6 Å². The first-order valence-electron chi connectivity index (χ1n) is 5.71. The van der Waals surface area contributed by atoms with Crippen molar-refractivity contribution in [3.63, 3.8) is 0 Å². The molecule has 0 aromatic heterocycles. The molecule has 0 spiro atoms. The van der Waals surface area contributed by atoms with Crippen LogP contribution in [0.15, 0.2) is 0 Å². The molecule has 1 amide bonds. The van der Waals surface area contributed by atoms with E-state index in [4.69, 9.17) is 15.2 Å². The molecule has 1 fully saturated rings. The van der Waals surface area contributed by atoms with Gasteiger partial charge in [0.1, 0.15) is 5.60 Å². The molecule has 2 atom stereocenters. The Morgan fingerprint density at radius 3 is 2.81 bits per heavy atom. The summed E-state index contributed by atoms with van der Waals surface area (Å²) in [6.07, 6.45) is 1.28. The second-order valence-electron chi connectivity index (χ2n) is 5.16. The zero-order valence-corrected chi connectivity index (χ0v) is 10.3. The Morgan fingerprint density at radius 2 is 2.25 bits per heavy atom. The Labute approximate surface area is 96.7 Å². The van der Waals surface area contributed by atoms with E-state index in [1.165, 1.54) is 0 Å². The number of carbonyl (C=O) groups is 1. The summed E-state index contributed by atoms with van der Waals surface area (Å²) in [4.78, 5) is 11.4. The van der Waals surface area contributed by atoms with Gasteiger partial charge in [-0.1, -0.05) is 0 Å². The average molecular weight is 230 g/mol. The van der Waals surface area contributed by atoms with E-state index in [-0.39, 0.29) is 12.1 Å². The van der Waals surface area contributed by atoms with Crippen molar-refractivity contribution in [1.29, 1.82) is 0 Å². The Hall–Kier alpha value is -0.810. The predicted molar refractivity (Wildman–Crippen MR) is 61.2 cm³/mol. The number of rotatable bonds is 2. The van der Waals surface area contributed by atoms with E-state index >= 15 is 0 Å². The van der Waals surface area contributed by atoms with Gasteiger partial charge >= 0.3 is 6.09 Å². The van der Waals surface area contributed by atoms with Gasteiger partial charge in [0.25, 0.3) is 0 Å². The van der Waals surface area contributed by atoms with E-state index in [2.05, 4.69) is 5.32 Å². The summed E-state index contributed by atoms with van der Waals surface area (Å²) < 4.78 is 10.6. The summed E-state index contributed by atoms with van der Waals surface area (Å²) in [5, 5.41) is 2.69. The van der Waals surface area contributed by atoms with E-state index in [0.29, 0.717) is 13.2 Å². The summed E-state index contributed by atoms with van der Waals surface area (Å²) in [7, 11) is 0. The molecule has 16 heavy (non-hydrogen) atoms. The van der Waals surface area contributed by atoms with Crippen LogP contribution >= 0.6 is 0 Å². The van der Waals surface area contributed by atoms with Crippen LogP contribution in [0.4, 0.5) is 4.79 Å². The van der Waals surface area contributed by atoms with Gasteiger partial charge in [0, 0.05) is 19.2 Å². The van der Waals surface area contributed by atoms with E-state index in [1.807, 2.05) is 20.8 Å². The van der Waals surface area contributed by atoms with Crippen LogP contribution in [0.5, 0.6) is 0 Å². The molecule has 1 heterocycles. The maximum absolute atomic E-state index is 11.4. The van der Waals surface area contributed by atoms with Crippen LogP contribution in [0.25, 0.3) is 0 Å². The third-order valence-corrected chi connectivity index (χ3v) is 2.28. The largest absolute Gasteiger partial charge is 0.444 e.